The fraction of sp³-hybridized carbons (Fsp3) is 0.300. The van der Waals surface area contributed by atoms with Crippen molar-refractivity contribution >= 4 is 11.8 Å². The zero-order valence-corrected chi connectivity index (χ0v) is 8.52. The highest BCUT2D eigenvalue weighted by molar-refractivity contribution is 7.99. The molecule has 68 valence electrons. The van der Waals surface area contributed by atoms with E-state index in [0.29, 0.717) is 5.56 Å². The minimum absolute atomic E-state index is 0.715. The molecule has 1 rings (SSSR count). The molecule has 1 aromatic rings. The summed E-state index contributed by atoms with van der Waals surface area (Å²) in [6.07, 6.45) is 0. The first kappa shape index (κ1) is 9.94. The van der Waals surface area contributed by atoms with E-state index in [0.717, 1.165) is 16.4 Å². The van der Waals surface area contributed by atoms with Crippen LogP contribution in [0.25, 0.3) is 0 Å². The lowest BCUT2D eigenvalue weighted by Gasteiger charge is -2.04. The van der Waals surface area contributed by atoms with Crippen molar-refractivity contribution in [3.05, 3.63) is 23.8 Å². The van der Waals surface area contributed by atoms with Crippen LogP contribution in [0.4, 0.5) is 0 Å². The Morgan fingerprint density at radius 3 is 2.85 bits per heavy atom. The summed E-state index contributed by atoms with van der Waals surface area (Å²) < 4.78 is 5.08. The van der Waals surface area contributed by atoms with E-state index in [2.05, 4.69) is 13.0 Å². The molecule has 0 aliphatic rings. The molecule has 0 amide bonds. The third-order valence-electron chi connectivity index (χ3n) is 1.61. The van der Waals surface area contributed by atoms with Crippen LogP contribution in [0.1, 0.15) is 12.5 Å². The van der Waals surface area contributed by atoms with Crippen LogP contribution >= 0.6 is 11.8 Å². The zero-order valence-electron chi connectivity index (χ0n) is 7.70. The standard InChI is InChI=1S/C10H11NOS/c1-3-13-10-6-9(12-2)5-4-8(10)7-11/h4-6H,3H2,1-2H3. The molecule has 0 saturated carbocycles. The van der Waals surface area contributed by atoms with Crippen LogP contribution in [0.2, 0.25) is 0 Å². The van der Waals surface area contributed by atoms with Crippen molar-refractivity contribution in [2.24, 2.45) is 0 Å². The van der Waals surface area contributed by atoms with Gasteiger partial charge in [0.15, 0.2) is 0 Å². The van der Waals surface area contributed by atoms with Crippen molar-refractivity contribution in [3.63, 3.8) is 0 Å². The van der Waals surface area contributed by atoms with Crippen LogP contribution in [0.3, 0.4) is 0 Å². The minimum Gasteiger partial charge on any atom is -0.497 e. The van der Waals surface area contributed by atoms with Gasteiger partial charge in [-0.15, -0.1) is 11.8 Å². The fourth-order valence-electron chi connectivity index (χ4n) is 0.997. The van der Waals surface area contributed by atoms with Crippen LogP contribution in [-0.2, 0) is 0 Å². The number of nitriles is 1. The average Bonchev–Trinajstić information content (AvgIpc) is 2.18. The Hall–Kier alpha value is -1.14. The largest absolute Gasteiger partial charge is 0.497 e. The van der Waals surface area contributed by atoms with Gasteiger partial charge < -0.3 is 4.74 Å². The summed E-state index contributed by atoms with van der Waals surface area (Å²) >= 11 is 1.65. The maximum atomic E-state index is 8.80. The Balaban J connectivity index is 3.04. The van der Waals surface area contributed by atoms with Crippen molar-refractivity contribution in [1.29, 1.82) is 5.26 Å². The predicted molar refractivity (Wildman–Crippen MR) is 54.1 cm³/mol. The van der Waals surface area contributed by atoms with E-state index in [9.17, 15) is 0 Å². The molecule has 0 spiro atoms. The van der Waals surface area contributed by atoms with Gasteiger partial charge in [0.05, 0.1) is 12.7 Å². The maximum absolute atomic E-state index is 8.80. The molecule has 13 heavy (non-hydrogen) atoms. The Morgan fingerprint density at radius 1 is 1.54 bits per heavy atom. The predicted octanol–water partition coefficient (Wildman–Crippen LogP) is 2.68. The van der Waals surface area contributed by atoms with E-state index in [1.165, 1.54) is 0 Å². The Bertz CT molecular complexity index is 330. The second-order valence-corrected chi connectivity index (χ2v) is 3.71. The third-order valence-corrected chi connectivity index (χ3v) is 2.55. The van der Waals surface area contributed by atoms with Gasteiger partial charge in [0.25, 0.3) is 0 Å². The summed E-state index contributed by atoms with van der Waals surface area (Å²) in [6, 6.07) is 7.64. The molecule has 0 N–H and O–H groups in total. The highest BCUT2D eigenvalue weighted by atomic mass is 32.2. The molecule has 0 saturated heterocycles. The molecular weight excluding hydrogens is 182 g/mol. The monoisotopic (exact) mass is 193 g/mol. The summed E-state index contributed by atoms with van der Waals surface area (Å²) in [7, 11) is 1.63. The van der Waals surface area contributed by atoms with Gasteiger partial charge in [-0.2, -0.15) is 5.26 Å². The third kappa shape index (κ3) is 2.40. The van der Waals surface area contributed by atoms with Gasteiger partial charge in [0.1, 0.15) is 11.8 Å². The molecule has 0 fully saturated rings. The van der Waals surface area contributed by atoms with Gasteiger partial charge in [-0.3, -0.25) is 0 Å². The number of hydrogen-bond acceptors (Lipinski definition) is 3. The zero-order chi connectivity index (χ0) is 9.68. The molecule has 0 unspecified atom stereocenters. The Kier molecular flexibility index (Phi) is 3.66. The van der Waals surface area contributed by atoms with Crippen molar-refractivity contribution in [2.75, 3.05) is 12.9 Å². The van der Waals surface area contributed by atoms with E-state index in [1.54, 1.807) is 31.0 Å². The normalized spacial score (nSPS) is 9.31. The molecule has 0 radical (unpaired) electrons. The van der Waals surface area contributed by atoms with Crippen LogP contribution in [0.15, 0.2) is 23.1 Å². The average molecular weight is 193 g/mol. The second-order valence-electron chi connectivity index (χ2n) is 2.41. The summed E-state index contributed by atoms with van der Waals surface area (Å²) in [5.74, 6) is 1.76. The molecule has 0 atom stereocenters. The van der Waals surface area contributed by atoms with Crippen LogP contribution in [-0.4, -0.2) is 12.9 Å². The van der Waals surface area contributed by atoms with Gasteiger partial charge in [0.2, 0.25) is 0 Å². The quantitative estimate of drug-likeness (QED) is 0.692. The summed E-state index contributed by atoms with van der Waals surface area (Å²) in [4.78, 5) is 0.990. The molecule has 0 aliphatic heterocycles. The smallest absolute Gasteiger partial charge is 0.120 e. The molecule has 2 nitrogen and oxygen atoms in total. The topological polar surface area (TPSA) is 33.0 Å². The first-order valence-electron chi connectivity index (χ1n) is 4.02. The van der Waals surface area contributed by atoms with E-state index >= 15 is 0 Å². The summed E-state index contributed by atoms with van der Waals surface area (Å²) in [6.45, 7) is 2.06. The van der Waals surface area contributed by atoms with Gasteiger partial charge in [0, 0.05) is 4.90 Å². The van der Waals surface area contributed by atoms with E-state index < -0.39 is 0 Å². The second kappa shape index (κ2) is 4.78. The van der Waals surface area contributed by atoms with Gasteiger partial charge in [-0.1, -0.05) is 6.92 Å². The van der Waals surface area contributed by atoms with Crippen molar-refractivity contribution in [3.8, 4) is 11.8 Å². The molecular formula is C10H11NOS. The van der Waals surface area contributed by atoms with Gasteiger partial charge >= 0.3 is 0 Å². The number of ether oxygens (including phenoxy) is 1. The SMILES string of the molecule is CCSc1cc(OC)ccc1C#N. The lowest BCUT2D eigenvalue weighted by Crippen LogP contribution is -1.86. The fourth-order valence-corrected chi connectivity index (χ4v) is 1.78. The molecule has 3 heteroatoms. The molecule has 1 aromatic carbocycles. The summed E-state index contributed by atoms with van der Waals surface area (Å²) in [5.41, 5.74) is 0.715. The Labute approximate surface area is 82.5 Å². The lowest BCUT2D eigenvalue weighted by atomic mass is 10.2. The summed E-state index contributed by atoms with van der Waals surface area (Å²) in [5, 5.41) is 8.80. The van der Waals surface area contributed by atoms with Crippen LogP contribution in [0, 0.1) is 11.3 Å². The van der Waals surface area contributed by atoms with Gasteiger partial charge in [-0.25, -0.2) is 0 Å². The number of hydrogen-bond donors (Lipinski definition) is 0. The van der Waals surface area contributed by atoms with Gasteiger partial charge in [-0.05, 0) is 24.0 Å². The van der Waals surface area contributed by atoms with E-state index in [4.69, 9.17) is 10.00 Å². The highest BCUT2D eigenvalue weighted by Crippen LogP contribution is 2.26. The van der Waals surface area contributed by atoms with Crippen molar-refractivity contribution < 1.29 is 4.74 Å². The first-order valence-corrected chi connectivity index (χ1v) is 5.01. The molecule has 0 aromatic heterocycles. The maximum Gasteiger partial charge on any atom is 0.120 e. The number of benzene rings is 1. The van der Waals surface area contributed by atoms with E-state index in [-0.39, 0.29) is 0 Å². The molecule has 0 aliphatic carbocycles. The highest BCUT2D eigenvalue weighted by Gasteiger charge is 2.02. The number of thioether (sulfide) groups is 1. The molecule has 0 heterocycles. The van der Waals surface area contributed by atoms with Crippen LogP contribution in [0.5, 0.6) is 5.75 Å². The van der Waals surface area contributed by atoms with Crippen molar-refractivity contribution in [2.45, 2.75) is 11.8 Å². The number of nitrogens with zero attached hydrogens (tertiary/aromatic N) is 1. The first-order chi connectivity index (χ1) is 6.31. The van der Waals surface area contributed by atoms with E-state index in [1.807, 2.05) is 6.07 Å². The number of rotatable bonds is 3. The van der Waals surface area contributed by atoms with Crippen LogP contribution < -0.4 is 4.74 Å². The Morgan fingerprint density at radius 2 is 2.31 bits per heavy atom. The van der Waals surface area contributed by atoms with Crippen molar-refractivity contribution in [1.82, 2.24) is 0 Å². The minimum atomic E-state index is 0.715. The number of methoxy groups -OCH3 is 1. The lowest BCUT2D eigenvalue weighted by molar-refractivity contribution is 0.413. The molecule has 0 bridgehead atoms.